The molecule has 0 saturated carbocycles. The van der Waals surface area contributed by atoms with Gasteiger partial charge in [-0.05, 0) is 12.5 Å². The Kier molecular flexibility index (Phi) is 4.65. The molecule has 82 valence electrons. The van der Waals surface area contributed by atoms with Crippen molar-refractivity contribution in [2.45, 2.75) is 18.7 Å². The van der Waals surface area contributed by atoms with Crippen LogP contribution in [0.1, 0.15) is 11.1 Å². The Morgan fingerprint density at radius 2 is 2.27 bits per heavy atom. The van der Waals surface area contributed by atoms with Gasteiger partial charge >= 0.3 is 0 Å². The highest BCUT2D eigenvalue weighted by Crippen LogP contribution is 2.13. The van der Waals surface area contributed by atoms with E-state index in [2.05, 4.69) is 25.1 Å². The third-order valence-corrected chi connectivity index (χ3v) is 3.15. The Labute approximate surface area is 94.2 Å². The number of aryl methyl sites for hydroxylation is 1. The number of thioether (sulfide) groups is 1. The maximum atomic E-state index is 10.7. The van der Waals surface area contributed by atoms with E-state index in [0.717, 1.165) is 5.75 Å². The zero-order valence-corrected chi connectivity index (χ0v) is 9.59. The second kappa shape index (κ2) is 5.78. The maximum absolute atomic E-state index is 10.7. The highest BCUT2D eigenvalue weighted by atomic mass is 32.2. The number of benzene rings is 1. The first-order valence-corrected chi connectivity index (χ1v) is 5.93. The van der Waals surface area contributed by atoms with Crippen LogP contribution in [0.4, 0.5) is 0 Å². The lowest BCUT2D eigenvalue weighted by Crippen LogP contribution is -2.38. The average molecular weight is 224 g/mol. The zero-order chi connectivity index (χ0) is 11.3. The van der Waals surface area contributed by atoms with Crippen molar-refractivity contribution in [3.63, 3.8) is 0 Å². The SMILES string of the molecule is Cc1cccc(CSCC(N)C(N)=O)c1. The fourth-order valence-corrected chi connectivity index (χ4v) is 2.14. The van der Waals surface area contributed by atoms with Crippen molar-refractivity contribution < 1.29 is 4.79 Å². The number of carbonyl (C=O) groups is 1. The summed E-state index contributed by atoms with van der Waals surface area (Å²) in [5, 5.41) is 0. The van der Waals surface area contributed by atoms with Crippen molar-refractivity contribution in [3.05, 3.63) is 35.4 Å². The van der Waals surface area contributed by atoms with Gasteiger partial charge in [-0.3, -0.25) is 4.79 Å². The number of carbonyl (C=O) groups excluding carboxylic acids is 1. The van der Waals surface area contributed by atoms with Crippen LogP contribution in [0.25, 0.3) is 0 Å². The average Bonchev–Trinajstić information content (AvgIpc) is 2.17. The molecule has 4 N–H and O–H groups in total. The van der Waals surface area contributed by atoms with Gasteiger partial charge in [-0.25, -0.2) is 0 Å². The molecule has 1 unspecified atom stereocenters. The van der Waals surface area contributed by atoms with Crippen molar-refractivity contribution in [1.29, 1.82) is 0 Å². The lowest BCUT2D eigenvalue weighted by Gasteiger charge is -2.07. The standard InChI is InChI=1S/C11H16N2OS/c1-8-3-2-4-9(5-8)6-15-7-10(12)11(13)14/h2-5,10H,6-7,12H2,1H3,(H2,13,14). The van der Waals surface area contributed by atoms with Crippen LogP contribution in [0.2, 0.25) is 0 Å². The Morgan fingerprint density at radius 1 is 1.53 bits per heavy atom. The van der Waals surface area contributed by atoms with E-state index in [-0.39, 0.29) is 0 Å². The molecule has 0 aromatic heterocycles. The summed E-state index contributed by atoms with van der Waals surface area (Å²) >= 11 is 1.63. The van der Waals surface area contributed by atoms with E-state index in [1.54, 1.807) is 11.8 Å². The van der Waals surface area contributed by atoms with E-state index in [0.29, 0.717) is 5.75 Å². The Morgan fingerprint density at radius 3 is 2.87 bits per heavy atom. The van der Waals surface area contributed by atoms with Gasteiger partial charge in [-0.1, -0.05) is 29.8 Å². The largest absolute Gasteiger partial charge is 0.368 e. The van der Waals surface area contributed by atoms with Gasteiger partial charge in [0.1, 0.15) is 0 Å². The zero-order valence-electron chi connectivity index (χ0n) is 8.77. The van der Waals surface area contributed by atoms with Gasteiger partial charge in [0.15, 0.2) is 0 Å². The molecule has 0 saturated heterocycles. The number of amides is 1. The molecular weight excluding hydrogens is 208 g/mol. The van der Waals surface area contributed by atoms with E-state index in [1.165, 1.54) is 11.1 Å². The van der Waals surface area contributed by atoms with Crippen LogP contribution < -0.4 is 11.5 Å². The second-order valence-corrected chi connectivity index (χ2v) is 4.54. The van der Waals surface area contributed by atoms with Gasteiger partial charge in [0.25, 0.3) is 0 Å². The topological polar surface area (TPSA) is 69.1 Å². The minimum atomic E-state index is -0.542. The number of hydrogen-bond donors (Lipinski definition) is 2. The van der Waals surface area contributed by atoms with E-state index in [9.17, 15) is 4.79 Å². The fraction of sp³-hybridized carbons (Fsp3) is 0.364. The first-order valence-electron chi connectivity index (χ1n) is 4.78. The molecule has 1 rings (SSSR count). The molecule has 0 aliphatic heterocycles. The third-order valence-electron chi connectivity index (χ3n) is 2.01. The van der Waals surface area contributed by atoms with E-state index < -0.39 is 11.9 Å². The van der Waals surface area contributed by atoms with E-state index in [1.807, 2.05) is 6.07 Å². The molecule has 3 nitrogen and oxygen atoms in total. The lowest BCUT2D eigenvalue weighted by atomic mass is 10.2. The summed E-state index contributed by atoms with van der Waals surface area (Å²) in [5.41, 5.74) is 13.1. The van der Waals surface area contributed by atoms with E-state index >= 15 is 0 Å². The van der Waals surface area contributed by atoms with Crippen LogP contribution in [0, 0.1) is 6.92 Å². The van der Waals surface area contributed by atoms with Crippen LogP contribution in [-0.2, 0) is 10.5 Å². The quantitative estimate of drug-likeness (QED) is 0.785. The van der Waals surface area contributed by atoms with Crippen molar-refractivity contribution in [3.8, 4) is 0 Å². The van der Waals surface area contributed by atoms with Crippen molar-refractivity contribution in [2.24, 2.45) is 11.5 Å². The van der Waals surface area contributed by atoms with Crippen LogP contribution in [0.5, 0.6) is 0 Å². The molecular formula is C11H16N2OS. The maximum Gasteiger partial charge on any atom is 0.235 e. The van der Waals surface area contributed by atoms with Gasteiger partial charge in [-0.15, -0.1) is 0 Å². The summed E-state index contributed by atoms with van der Waals surface area (Å²) in [6.45, 7) is 2.06. The molecule has 0 spiro atoms. The molecule has 0 aliphatic carbocycles. The molecule has 0 fully saturated rings. The molecule has 0 aliphatic rings. The summed E-state index contributed by atoms with van der Waals surface area (Å²) in [5.74, 6) is 0.998. The molecule has 1 atom stereocenters. The lowest BCUT2D eigenvalue weighted by molar-refractivity contribution is -0.118. The van der Waals surface area contributed by atoms with Gasteiger partial charge in [-0.2, -0.15) is 11.8 Å². The molecule has 0 bridgehead atoms. The highest BCUT2D eigenvalue weighted by Gasteiger charge is 2.08. The monoisotopic (exact) mass is 224 g/mol. The molecule has 4 heteroatoms. The van der Waals surface area contributed by atoms with Gasteiger partial charge < -0.3 is 11.5 Å². The van der Waals surface area contributed by atoms with Gasteiger partial charge in [0.2, 0.25) is 5.91 Å². The summed E-state index contributed by atoms with van der Waals surface area (Å²) < 4.78 is 0. The van der Waals surface area contributed by atoms with Crippen LogP contribution in [0.15, 0.2) is 24.3 Å². The predicted molar refractivity (Wildman–Crippen MR) is 64.5 cm³/mol. The minimum Gasteiger partial charge on any atom is -0.368 e. The molecule has 1 aromatic carbocycles. The van der Waals surface area contributed by atoms with Crippen molar-refractivity contribution >= 4 is 17.7 Å². The summed E-state index contributed by atoms with van der Waals surface area (Å²) in [6.07, 6.45) is 0. The Bertz CT molecular complexity index is 341. The van der Waals surface area contributed by atoms with Crippen molar-refractivity contribution in [1.82, 2.24) is 0 Å². The second-order valence-electron chi connectivity index (χ2n) is 3.51. The molecule has 1 aromatic rings. The van der Waals surface area contributed by atoms with Crippen molar-refractivity contribution in [2.75, 3.05) is 5.75 Å². The molecule has 0 heterocycles. The Hall–Kier alpha value is -1.00. The Balaban J connectivity index is 2.35. The first kappa shape index (κ1) is 12.1. The normalized spacial score (nSPS) is 12.4. The van der Waals surface area contributed by atoms with Crippen LogP contribution in [-0.4, -0.2) is 17.7 Å². The highest BCUT2D eigenvalue weighted by molar-refractivity contribution is 7.98. The molecule has 1 amide bonds. The van der Waals surface area contributed by atoms with Gasteiger partial charge in [0, 0.05) is 11.5 Å². The molecule has 15 heavy (non-hydrogen) atoms. The number of rotatable bonds is 5. The van der Waals surface area contributed by atoms with Gasteiger partial charge in [0.05, 0.1) is 6.04 Å². The predicted octanol–water partition coefficient (Wildman–Crippen LogP) is 1.04. The number of primary amides is 1. The van der Waals surface area contributed by atoms with Crippen LogP contribution >= 0.6 is 11.8 Å². The summed E-state index contributed by atoms with van der Waals surface area (Å²) in [7, 11) is 0. The first-order chi connectivity index (χ1) is 7.09. The summed E-state index contributed by atoms with van der Waals surface area (Å²) in [4.78, 5) is 10.7. The number of nitrogens with two attached hydrogens (primary N) is 2. The summed E-state index contributed by atoms with van der Waals surface area (Å²) in [6, 6.07) is 7.74. The minimum absolute atomic E-state index is 0.438. The van der Waals surface area contributed by atoms with E-state index in [4.69, 9.17) is 11.5 Å². The smallest absolute Gasteiger partial charge is 0.235 e. The fourth-order valence-electron chi connectivity index (χ4n) is 1.19. The third kappa shape index (κ3) is 4.36. The molecule has 0 radical (unpaired) electrons. The van der Waals surface area contributed by atoms with Crippen LogP contribution in [0.3, 0.4) is 0 Å². The number of hydrogen-bond acceptors (Lipinski definition) is 3.